The van der Waals surface area contributed by atoms with E-state index in [1.165, 1.54) is 40.9 Å². The lowest BCUT2D eigenvalue weighted by Crippen LogP contribution is -2.44. The summed E-state index contributed by atoms with van der Waals surface area (Å²) in [4.78, 5) is 7.78. The van der Waals surface area contributed by atoms with Gasteiger partial charge in [0.2, 0.25) is 0 Å². The van der Waals surface area contributed by atoms with Gasteiger partial charge in [0.1, 0.15) is 12.0 Å². The van der Waals surface area contributed by atoms with Crippen molar-refractivity contribution in [3.8, 4) is 0 Å². The Balaban J connectivity index is 1.73. The van der Waals surface area contributed by atoms with Gasteiger partial charge in [-0.2, -0.15) is 0 Å². The number of hydrogen-bond donors (Lipinski definition) is 1. The lowest BCUT2D eigenvalue weighted by Gasteiger charge is -2.40. The Kier molecular flexibility index (Phi) is 3.26. The lowest BCUT2D eigenvalue weighted by molar-refractivity contribution is 0.336. The van der Waals surface area contributed by atoms with E-state index in [0.717, 1.165) is 11.5 Å². The summed E-state index contributed by atoms with van der Waals surface area (Å²) in [6.07, 6.45) is 2.53. The third kappa shape index (κ3) is 2.19. The molecule has 3 nitrogen and oxygen atoms in total. The van der Waals surface area contributed by atoms with Crippen molar-refractivity contribution in [3.05, 3.63) is 52.6 Å². The molecule has 1 aliphatic carbocycles. The van der Waals surface area contributed by atoms with Crippen LogP contribution >= 0.6 is 0 Å². The van der Waals surface area contributed by atoms with Crippen molar-refractivity contribution in [2.24, 2.45) is 10.4 Å². The second kappa shape index (κ2) is 5.30. The summed E-state index contributed by atoms with van der Waals surface area (Å²) >= 11 is 0. The molecule has 0 saturated heterocycles. The normalized spacial score (nSPS) is 29.7. The minimum atomic E-state index is -0.0376. The summed E-state index contributed by atoms with van der Waals surface area (Å²) in [5.41, 5.74) is 10.00. The van der Waals surface area contributed by atoms with E-state index in [0.29, 0.717) is 5.92 Å². The number of fused-ring (bicyclic) bond motifs is 1. The molecule has 2 aromatic carbocycles. The van der Waals surface area contributed by atoms with E-state index in [1.807, 2.05) is 0 Å². The van der Waals surface area contributed by atoms with Gasteiger partial charge in [0, 0.05) is 11.0 Å². The van der Waals surface area contributed by atoms with Crippen LogP contribution in [0.5, 0.6) is 0 Å². The van der Waals surface area contributed by atoms with Crippen LogP contribution in [0.1, 0.15) is 95.6 Å². The maximum Gasteiger partial charge on any atom is 0.134 e. The molecular weight excluding hydrogens is 366 g/mol. The van der Waals surface area contributed by atoms with Crippen LogP contribution in [0, 0.1) is 5.41 Å². The molecule has 0 aromatic heterocycles. The van der Waals surface area contributed by atoms with Gasteiger partial charge in [-0.3, -0.25) is 0 Å². The second-order valence-corrected chi connectivity index (χ2v) is 12.0. The molecule has 2 aromatic rings. The summed E-state index contributed by atoms with van der Waals surface area (Å²) in [5.74, 6) is 1.65. The van der Waals surface area contributed by atoms with Crippen LogP contribution in [0.25, 0.3) is 0 Å². The fourth-order valence-electron chi connectivity index (χ4n) is 6.98. The van der Waals surface area contributed by atoms with E-state index in [2.05, 4.69) is 89.0 Å². The van der Waals surface area contributed by atoms with Crippen molar-refractivity contribution in [1.29, 1.82) is 0 Å². The Morgan fingerprint density at radius 1 is 1.10 bits per heavy atom. The molecule has 0 saturated carbocycles. The first-order valence-corrected chi connectivity index (χ1v) is 11.5. The number of rotatable bonds is 0. The Bertz CT molecular complexity index is 1130. The van der Waals surface area contributed by atoms with Gasteiger partial charge in [-0.1, -0.05) is 60.6 Å². The number of nitrogens with zero attached hydrogens (tertiary/aromatic N) is 2. The smallest absolute Gasteiger partial charge is 0.134 e. The van der Waals surface area contributed by atoms with Crippen molar-refractivity contribution in [3.63, 3.8) is 0 Å². The highest BCUT2D eigenvalue weighted by atomic mass is 15.4. The first-order chi connectivity index (χ1) is 14.0. The fourth-order valence-corrected chi connectivity index (χ4v) is 6.98. The zero-order valence-corrected chi connectivity index (χ0v) is 19.4. The van der Waals surface area contributed by atoms with Gasteiger partial charge in [0.05, 0.1) is 17.1 Å². The minimum Gasteiger partial charge on any atom is -0.359 e. The molecule has 6 rings (SSSR count). The standard InChI is InChI=1S/C27H33N3/c1-15-13-27(7)14-26(5,6)17-12-21-20(11-18(17)27)28-23-22-16(15)9-8-10-19(22)29-24(30(21)23)25(2,3)4/h8-12,15,23,28H,13-14H2,1-7H3. The summed E-state index contributed by atoms with van der Waals surface area (Å²) in [5, 5.41) is 3.93. The van der Waals surface area contributed by atoms with Crippen LogP contribution in [0.2, 0.25) is 0 Å². The molecule has 3 bridgehead atoms. The van der Waals surface area contributed by atoms with E-state index in [1.54, 1.807) is 5.56 Å². The molecule has 0 spiro atoms. The highest BCUT2D eigenvalue weighted by Crippen LogP contribution is 2.60. The van der Waals surface area contributed by atoms with Crippen molar-refractivity contribution in [2.75, 3.05) is 10.2 Å². The maximum atomic E-state index is 5.28. The maximum absolute atomic E-state index is 5.28. The zero-order valence-electron chi connectivity index (χ0n) is 19.4. The molecule has 3 heterocycles. The van der Waals surface area contributed by atoms with E-state index in [-0.39, 0.29) is 22.4 Å². The quantitative estimate of drug-likeness (QED) is 0.509. The topological polar surface area (TPSA) is 27.6 Å². The summed E-state index contributed by atoms with van der Waals surface area (Å²) < 4.78 is 0. The molecule has 3 unspecified atom stereocenters. The predicted octanol–water partition coefficient (Wildman–Crippen LogP) is 7.15. The second-order valence-electron chi connectivity index (χ2n) is 12.0. The van der Waals surface area contributed by atoms with Crippen LogP contribution in [0.4, 0.5) is 17.1 Å². The first-order valence-electron chi connectivity index (χ1n) is 11.5. The summed E-state index contributed by atoms with van der Waals surface area (Å²) in [7, 11) is 0. The van der Waals surface area contributed by atoms with Gasteiger partial charge in [-0.15, -0.1) is 0 Å². The van der Waals surface area contributed by atoms with Gasteiger partial charge in [0.25, 0.3) is 0 Å². The summed E-state index contributed by atoms with van der Waals surface area (Å²) in [6, 6.07) is 11.7. The van der Waals surface area contributed by atoms with Crippen molar-refractivity contribution in [1.82, 2.24) is 0 Å². The van der Waals surface area contributed by atoms with Gasteiger partial charge < -0.3 is 10.2 Å². The van der Waals surface area contributed by atoms with Crippen LogP contribution in [0.15, 0.2) is 35.3 Å². The van der Waals surface area contributed by atoms with Crippen molar-refractivity contribution < 1.29 is 0 Å². The van der Waals surface area contributed by atoms with Crippen molar-refractivity contribution >= 4 is 22.9 Å². The molecule has 0 amide bonds. The molecule has 0 radical (unpaired) electrons. The van der Waals surface area contributed by atoms with Gasteiger partial charge in [-0.25, -0.2) is 4.99 Å². The number of aliphatic imine (C=N–C) groups is 1. The first kappa shape index (κ1) is 18.5. The number of hydrogen-bond acceptors (Lipinski definition) is 3. The number of benzene rings is 2. The molecule has 0 fully saturated rings. The monoisotopic (exact) mass is 399 g/mol. The number of anilines is 2. The lowest BCUT2D eigenvalue weighted by atomic mass is 9.72. The predicted molar refractivity (Wildman–Crippen MR) is 126 cm³/mol. The van der Waals surface area contributed by atoms with E-state index in [4.69, 9.17) is 4.99 Å². The minimum absolute atomic E-state index is 0.0376. The van der Waals surface area contributed by atoms with Crippen LogP contribution in [0.3, 0.4) is 0 Å². The molecule has 4 aliphatic rings. The van der Waals surface area contributed by atoms with Gasteiger partial charge in [0.15, 0.2) is 0 Å². The molecule has 3 atom stereocenters. The average Bonchev–Trinajstić information content (AvgIpc) is 3.10. The molecular formula is C27H33N3. The van der Waals surface area contributed by atoms with Gasteiger partial charge >= 0.3 is 0 Å². The SMILES string of the molecule is CC1CC2(C)CC(C)(C)c3cc4c(cc32)NC2c3c(cccc31)N=C(C(C)(C)C)N42. The number of nitrogens with one attached hydrogen (secondary N) is 1. The molecule has 3 heteroatoms. The van der Waals surface area contributed by atoms with Crippen molar-refractivity contribution in [2.45, 2.75) is 84.2 Å². The van der Waals surface area contributed by atoms with Crippen LogP contribution in [-0.4, -0.2) is 5.84 Å². The third-order valence-electron chi connectivity index (χ3n) is 7.96. The van der Waals surface area contributed by atoms with E-state index in [9.17, 15) is 0 Å². The Labute approximate surface area is 180 Å². The highest BCUT2D eigenvalue weighted by Gasteiger charge is 2.50. The fraction of sp³-hybridized carbons (Fsp3) is 0.519. The highest BCUT2D eigenvalue weighted by molar-refractivity contribution is 6.09. The van der Waals surface area contributed by atoms with Gasteiger partial charge in [-0.05, 0) is 64.5 Å². The van der Waals surface area contributed by atoms with E-state index < -0.39 is 0 Å². The van der Waals surface area contributed by atoms with E-state index >= 15 is 0 Å². The molecule has 156 valence electrons. The number of amidine groups is 1. The molecule has 3 aliphatic heterocycles. The third-order valence-corrected chi connectivity index (χ3v) is 7.96. The average molecular weight is 400 g/mol. The Morgan fingerprint density at radius 2 is 1.87 bits per heavy atom. The Hall–Kier alpha value is -2.29. The summed E-state index contributed by atoms with van der Waals surface area (Å²) in [6.45, 7) is 16.6. The Morgan fingerprint density at radius 3 is 2.60 bits per heavy atom. The van der Waals surface area contributed by atoms with Crippen LogP contribution < -0.4 is 10.2 Å². The van der Waals surface area contributed by atoms with Crippen LogP contribution in [-0.2, 0) is 10.8 Å². The molecule has 1 N–H and O–H groups in total. The molecule has 30 heavy (non-hydrogen) atoms. The largest absolute Gasteiger partial charge is 0.359 e. The zero-order chi connectivity index (χ0) is 21.2.